The third kappa shape index (κ3) is 5.23. The second-order valence-corrected chi connectivity index (χ2v) is 5.63. The van der Waals surface area contributed by atoms with Gasteiger partial charge in [0.05, 0.1) is 0 Å². The van der Waals surface area contributed by atoms with Gasteiger partial charge in [-0.2, -0.15) is 0 Å². The average molecular weight is 287 g/mol. The van der Waals surface area contributed by atoms with Gasteiger partial charge in [-0.05, 0) is 49.6 Å². The van der Waals surface area contributed by atoms with Gasteiger partial charge in [0, 0.05) is 30.9 Å². The summed E-state index contributed by atoms with van der Waals surface area (Å²) in [5, 5.41) is 3.08. The number of rotatable bonds is 5. The van der Waals surface area contributed by atoms with Gasteiger partial charge in [-0.1, -0.05) is 19.1 Å². The summed E-state index contributed by atoms with van der Waals surface area (Å²) in [6, 6.07) is 7.81. The molecule has 21 heavy (non-hydrogen) atoms. The quantitative estimate of drug-likeness (QED) is 0.645. The van der Waals surface area contributed by atoms with Crippen LogP contribution in [0, 0.1) is 0 Å². The molecule has 1 saturated heterocycles. The van der Waals surface area contributed by atoms with Gasteiger partial charge in [0.1, 0.15) is 0 Å². The molecule has 2 rings (SSSR count). The highest BCUT2D eigenvalue weighted by Crippen LogP contribution is 2.11. The van der Waals surface area contributed by atoms with Crippen LogP contribution in [0.1, 0.15) is 31.7 Å². The largest absolute Gasteiger partial charge is 0.399 e. The zero-order valence-corrected chi connectivity index (χ0v) is 12.7. The fourth-order valence-corrected chi connectivity index (χ4v) is 2.70. The van der Waals surface area contributed by atoms with Crippen molar-refractivity contribution >= 4 is 17.7 Å². The Morgan fingerprint density at radius 3 is 2.86 bits per heavy atom. The Balaban J connectivity index is 1.77. The number of anilines is 1. The topological polar surface area (TPSA) is 58.4 Å². The fraction of sp³-hybridized carbons (Fsp3) is 0.471. The minimum atomic E-state index is -0.0219. The molecule has 0 radical (unpaired) electrons. The number of carbonyl (C=O) groups excluding carboxylic acids is 1. The standard InChI is InChI=1S/C17H25N3O/c1-2-10-20-11-8-16(9-12-20)19-17(21)7-6-14-4-3-5-15(18)13-14/h3-7,13,16H,2,8-12,18H2,1H3,(H,19,21)/b7-6+. The lowest BCUT2D eigenvalue weighted by atomic mass is 10.0. The minimum Gasteiger partial charge on any atom is -0.399 e. The molecule has 0 saturated carbocycles. The van der Waals surface area contributed by atoms with Crippen molar-refractivity contribution in [3.05, 3.63) is 35.9 Å². The molecule has 1 aromatic carbocycles. The molecule has 1 aliphatic rings. The summed E-state index contributed by atoms with van der Waals surface area (Å²) in [6.07, 6.45) is 6.67. The summed E-state index contributed by atoms with van der Waals surface area (Å²) in [5.74, 6) is -0.0219. The summed E-state index contributed by atoms with van der Waals surface area (Å²) in [7, 11) is 0. The molecular weight excluding hydrogens is 262 g/mol. The molecule has 4 nitrogen and oxygen atoms in total. The van der Waals surface area contributed by atoms with Crippen LogP contribution in [-0.2, 0) is 4.79 Å². The molecule has 0 spiro atoms. The molecular formula is C17H25N3O. The first-order valence-electron chi connectivity index (χ1n) is 7.74. The summed E-state index contributed by atoms with van der Waals surface area (Å²) in [6.45, 7) is 5.53. The van der Waals surface area contributed by atoms with Gasteiger partial charge in [-0.25, -0.2) is 0 Å². The van der Waals surface area contributed by atoms with E-state index in [9.17, 15) is 4.79 Å². The van der Waals surface area contributed by atoms with Gasteiger partial charge in [0.25, 0.3) is 0 Å². The molecule has 0 aliphatic carbocycles. The van der Waals surface area contributed by atoms with Crippen LogP contribution in [-0.4, -0.2) is 36.5 Å². The summed E-state index contributed by atoms with van der Waals surface area (Å²) >= 11 is 0. The Hall–Kier alpha value is -1.81. The van der Waals surface area contributed by atoms with Crippen molar-refractivity contribution in [2.24, 2.45) is 0 Å². The highest BCUT2D eigenvalue weighted by Gasteiger charge is 2.19. The first kappa shape index (κ1) is 15.6. The lowest BCUT2D eigenvalue weighted by molar-refractivity contribution is -0.117. The average Bonchev–Trinajstić information content (AvgIpc) is 2.48. The molecule has 1 fully saturated rings. The van der Waals surface area contributed by atoms with Crippen molar-refractivity contribution in [3.8, 4) is 0 Å². The van der Waals surface area contributed by atoms with E-state index < -0.39 is 0 Å². The molecule has 0 aromatic heterocycles. The lowest BCUT2D eigenvalue weighted by Gasteiger charge is -2.31. The van der Waals surface area contributed by atoms with E-state index >= 15 is 0 Å². The highest BCUT2D eigenvalue weighted by molar-refractivity contribution is 5.92. The number of piperidine rings is 1. The van der Waals surface area contributed by atoms with Crippen LogP contribution in [0.15, 0.2) is 30.3 Å². The monoisotopic (exact) mass is 287 g/mol. The van der Waals surface area contributed by atoms with E-state index in [0.717, 1.165) is 38.0 Å². The number of nitrogen functional groups attached to an aromatic ring is 1. The number of nitrogens with two attached hydrogens (primary N) is 1. The van der Waals surface area contributed by atoms with Crippen LogP contribution in [0.2, 0.25) is 0 Å². The van der Waals surface area contributed by atoms with Gasteiger partial charge in [-0.15, -0.1) is 0 Å². The van der Waals surface area contributed by atoms with Crippen molar-refractivity contribution < 1.29 is 4.79 Å². The Labute approximate surface area is 127 Å². The van der Waals surface area contributed by atoms with Crippen LogP contribution >= 0.6 is 0 Å². The molecule has 0 atom stereocenters. The van der Waals surface area contributed by atoms with Crippen LogP contribution in [0.3, 0.4) is 0 Å². The molecule has 1 amide bonds. The second kappa shape index (κ2) is 7.84. The summed E-state index contributed by atoms with van der Waals surface area (Å²) in [5.41, 5.74) is 7.37. The zero-order valence-electron chi connectivity index (χ0n) is 12.7. The van der Waals surface area contributed by atoms with Gasteiger partial charge < -0.3 is 16.0 Å². The number of hydrogen-bond acceptors (Lipinski definition) is 3. The number of amides is 1. The lowest BCUT2D eigenvalue weighted by Crippen LogP contribution is -2.44. The first-order chi connectivity index (χ1) is 10.2. The van der Waals surface area contributed by atoms with Crippen molar-refractivity contribution in [2.45, 2.75) is 32.2 Å². The summed E-state index contributed by atoms with van der Waals surface area (Å²) < 4.78 is 0. The molecule has 3 N–H and O–H groups in total. The van der Waals surface area contributed by atoms with E-state index in [2.05, 4.69) is 17.1 Å². The number of likely N-dealkylation sites (tertiary alicyclic amines) is 1. The van der Waals surface area contributed by atoms with Crippen molar-refractivity contribution in [3.63, 3.8) is 0 Å². The molecule has 1 heterocycles. The van der Waals surface area contributed by atoms with Crippen molar-refractivity contribution in [1.29, 1.82) is 0 Å². The molecule has 0 bridgehead atoms. The van der Waals surface area contributed by atoms with Crippen LogP contribution < -0.4 is 11.1 Å². The molecule has 1 aliphatic heterocycles. The number of nitrogens with zero attached hydrogens (tertiary/aromatic N) is 1. The predicted octanol–water partition coefficient (Wildman–Crippen LogP) is 2.27. The number of hydrogen-bond donors (Lipinski definition) is 2. The maximum Gasteiger partial charge on any atom is 0.244 e. The van der Waals surface area contributed by atoms with E-state index in [1.807, 2.05) is 24.3 Å². The summed E-state index contributed by atoms with van der Waals surface area (Å²) in [4.78, 5) is 14.4. The van der Waals surface area contributed by atoms with Crippen LogP contribution in [0.4, 0.5) is 5.69 Å². The SMILES string of the molecule is CCCN1CCC(NC(=O)/C=C/c2cccc(N)c2)CC1. The number of nitrogens with one attached hydrogen (secondary N) is 1. The maximum atomic E-state index is 11.9. The first-order valence-corrected chi connectivity index (χ1v) is 7.74. The Morgan fingerprint density at radius 1 is 1.43 bits per heavy atom. The molecule has 4 heteroatoms. The second-order valence-electron chi connectivity index (χ2n) is 5.63. The van der Waals surface area contributed by atoms with E-state index in [1.54, 1.807) is 12.2 Å². The predicted molar refractivity (Wildman–Crippen MR) is 87.8 cm³/mol. The fourth-order valence-electron chi connectivity index (χ4n) is 2.70. The minimum absolute atomic E-state index is 0.0219. The van der Waals surface area contributed by atoms with Gasteiger partial charge in [0.15, 0.2) is 0 Å². The molecule has 0 unspecified atom stereocenters. The van der Waals surface area contributed by atoms with E-state index in [1.165, 1.54) is 6.42 Å². The Morgan fingerprint density at radius 2 is 2.19 bits per heavy atom. The smallest absolute Gasteiger partial charge is 0.244 e. The van der Waals surface area contributed by atoms with Gasteiger partial charge >= 0.3 is 0 Å². The normalized spacial score (nSPS) is 17.2. The van der Waals surface area contributed by atoms with E-state index in [-0.39, 0.29) is 5.91 Å². The number of benzene rings is 1. The van der Waals surface area contributed by atoms with E-state index in [4.69, 9.17) is 5.73 Å². The Bertz CT molecular complexity index is 491. The van der Waals surface area contributed by atoms with Crippen LogP contribution in [0.5, 0.6) is 0 Å². The molecule has 114 valence electrons. The number of carbonyl (C=O) groups is 1. The molecule has 1 aromatic rings. The Kier molecular flexibility index (Phi) is 5.81. The zero-order chi connectivity index (χ0) is 15.1. The van der Waals surface area contributed by atoms with Crippen LogP contribution in [0.25, 0.3) is 6.08 Å². The third-order valence-corrected chi connectivity index (χ3v) is 3.81. The van der Waals surface area contributed by atoms with Gasteiger partial charge in [0.2, 0.25) is 5.91 Å². The van der Waals surface area contributed by atoms with Crippen molar-refractivity contribution in [2.75, 3.05) is 25.4 Å². The highest BCUT2D eigenvalue weighted by atomic mass is 16.1. The third-order valence-electron chi connectivity index (χ3n) is 3.81. The van der Waals surface area contributed by atoms with Gasteiger partial charge in [-0.3, -0.25) is 4.79 Å². The van der Waals surface area contributed by atoms with Crippen molar-refractivity contribution in [1.82, 2.24) is 10.2 Å². The maximum absolute atomic E-state index is 11.9. The van der Waals surface area contributed by atoms with E-state index in [0.29, 0.717) is 11.7 Å².